The van der Waals surface area contributed by atoms with Crippen LogP contribution in [0.3, 0.4) is 0 Å². The number of hydrogen-bond donors (Lipinski definition) is 0. The fourth-order valence-electron chi connectivity index (χ4n) is 6.30. The fraction of sp³-hybridized carbons (Fsp3) is 0.569. The molecule has 0 saturated carbocycles. The Balaban J connectivity index is 4.58. The number of rotatable bonds is 43. The maximum Gasteiger partial charge on any atom is 0.306 e. The average molecular weight is 883 g/mol. The Bertz CT molecular complexity index is 1430. The molecule has 0 rings (SSSR count). The Kier molecular flexibility index (Phi) is 47.6. The maximum absolute atomic E-state index is 12.8. The summed E-state index contributed by atoms with van der Waals surface area (Å²) in [6.07, 6.45) is 71.5. The summed E-state index contributed by atoms with van der Waals surface area (Å²) in [6.45, 7) is 6.30. The normalized spacial score (nSPS) is 13.2. The third kappa shape index (κ3) is 48.6. The van der Waals surface area contributed by atoms with Crippen LogP contribution in [0.5, 0.6) is 0 Å². The van der Waals surface area contributed by atoms with E-state index < -0.39 is 6.10 Å². The zero-order valence-electron chi connectivity index (χ0n) is 40.7. The van der Waals surface area contributed by atoms with Crippen LogP contribution in [0.4, 0.5) is 0 Å². The molecule has 6 heteroatoms. The third-order valence-electron chi connectivity index (χ3n) is 10.1. The van der Waals surface area contributed by atoms with Gasteiger partial charge in [-0.15, -0.1) is 0 Å². The number of carbonyl (C=O) groups excluding carboxylic acids is 3. The summed E-state index contributed by atoms with van der Waals surface area (Å²) in [5, 5.41) is 0. The van der Waals surface area contributed by atoms with Crippen molar-refractivity contribution in [2.75, 3.05) is 13.2 Å². The zero-order chi connectivity index (χ0) is 46.5. The summed E-state index contributed by atoms with van der Waals surface area (Å²) in [7, 11) is 0. The van der Waals surface area contributed by atoms with Crippen LogP contribution < -0.4 is 0 Å². The molecule has 0 aliphatic rings. The van der Waals surface area contributed by atoms with Crippen molar-refractivity contribution in [2.45, 2.75) is 200 Å². The molecule has 358 valence electrons. The van der Waals surface area contributed by atoms with Gasteiger partial charge in [-0.25, -0.2) is 0 Å². The van der Waals surface area contributed by atoms with Crippen molar-refractivity contribution >= 4 is 17.9 Å². The monoisotopic (exact) mass is 883 g/mol. The molecular weight excluding hydrogens is 793 g/mol. The quantitative estimate of drug-likeness (QED) is 0.0263. The van der Waals surface area contributed by atoms with Crippen LogP contribution in [-0.2, 0) is 28.6 Å². The standard InChI is InChI=1S/C58H90O6/c1-4-7-10-13-16-19-22-25-27-28-29-31-33-36-39-42-45-48-51-57(60)63-54-55(53-62-56(59)50-47-44-41-38-35-32-24-21-18-15-12-9-6-3)64-58(61)52-49-46-43-40-37-34-30-26-23-20-17-14-11-8-5-2/h9,12,15-29,31-32,35,38,41,55H,4-8,10-11,13-14,30,33-34,36-37,39-40,42-54H2,1-3H3/b12-9-,18-15-,19-16-,20-17-,24-21-,25-22-,26-23-,28-27-,31-29-,35-32-,41-38-. The molecule has 0 heterocycles. The smallest absolute Gasteiger partial charge is 0.306 e. The van der Waals surface area contributed by atoms with Gasteiger partial charge in [0.2, 0.25) is 0 Å². The molecule has 0 radical (unpaired) electrons. The molecule has 0 N–H and O–H groups in total. The van der Waals surface area contributed by atoms with Gasteiger partial charge >= 0.3 is 17.9 Å². The van der Waals surface area contributed by atoms with E-state index in [9.17, 15) is 14.4 Å². The van der Waals surface area contributed by atoms with E-state index in [1.165, 1.54) is 51.4 Å². The van der Waals surface area contributed by atoms with Gasteiger partial charge < -0.3 is 14.2 Å². The van der Waals surface area contributed by atoms with Crippen molar-refractivity contribution in [3.63, 3.8) is 0 Å². The summed E-state index contributed by atoms with van der Waals surface area (Å²) in [5.41, 5.74) is 0. The Morgan fingerprint density at radius 1 is 0.328 bits per heavy atom. The minimum Gasteiger partial charge on any atom is -0.462 e. The van der Waals surface area contributed by atoms with Gasteiger partial charge in [0, 0.05) is 19.3 Å². The van der Waals surface area contributed by atoms with E-state index in [1.807, 2.05) is 54.7 Å². The Morgan fingerprint density at radius 2 is 0.625 bits per heavy atom. The lowest BCUT2D eigenvalue weighted by atomic mass is 10.1. The molecule has 6 nitrogen and oxygen atoms in total. The molecule has 64 heavy (non-hydrogen) atoms. The molecular formula is C58H90O6. The van der Waals surface area contributed by atoms with E-state index in [0.717, 1.165) is 96.3 Å². The topological polar surface area (TPSA) is 78.9 Å². The SMILES string of the molecule is CC\C=C/C=C\C=C/C=C\C=C/CCCC(=O)OCC(COC(=O)CCCCCCC\C=C/C=C\C=C/C=C\CCCCC)OC(=O)CCCCCCCC/C=C\C=C/CCCCC. The first-order valence-electron chi connectivity index (χ1n) is 25.3. The van der Waals surface area contributed by atoms with Crippen LogP contribution in [-0.4, -0.2) is 37.2 Å². The van der Waals surface area contributed by atoms with Gasteiger partial charge in [0.05, 0.1) is 0 Å². The van der Waals surface area contributed by atoms with Gasteiger partial charge in [-0.3, -0.25) is 14.4 Å². The van der Waals surface area contributed by atoms with Gasteiger partial charge in [0.1, 0.15) is 13.2 Å². The summed E-state index contributed by atoms with van der Waals surface area (Å²) in [5.74, 6) is -1.04. The van der Waals surface area contributed by atoms with Gasteiger partial charge in [0.25, 0.3) is 0 Å². The molecule has 0 amide bonds. The summed E-state index contributed by atoms with van der Waals surface area (Å²) < 4.78 is 16.7. The molecule has 0 bridgehead atoms. The second kappa shape index (κ2) is 51.2. The molecule has 0 aliphatic carbocycles. The van der Waals surface area contributed by atoms with Crippen molar-refractivity contribution in [2.24, 2.45) is 0 Å². The molecule has 0 aliphatic heterocycles. The van der Waals surface area contributed by atoms with E-state index in [0.29, 0.717) is 12.8 Å². The lowest BCUT2D eigenvalue weighted by Gasteiger charge is -2.18. The van der Waals surface area contributed by atoms with Crippen LogP contribution in [0.2, 0.25) is 0 Å². The minimum atomic E-state index is -0.827. The Morgan fingerprint density at radius 3 is 1.03 bits per heavy atom. The summed E-state index contributed by atoms with van der Waals surface area (Å²) in [4.78, 5) is 37.9. The summed E-state index contributed by atoms with van der Waals surface area (Å²) in [6, 6.07) is 0. The Hall–Kier alpha value is -4.45. The fourth-order valence-corrected chi connectivity index (χ4v) is 6.30. The van der Waals surface area contributed by atoms with Gasteiger partial charge in [-0.05, 0) is 83.5 Å². The van der Waals surface area contributed by atoms with E-state index in [2.05, 4.69) is 99.8 Å². The number of carbonyl (C=O) groups is 3. The van der Waals surface area contributed by atoms with Crippen molar-refractivity contribution in [1.29, 1.82) is 0 Å². The van der Waals surface area contributed by atoms with Crippen LogP contribution in [0.15, 0.2) is 134 Å². The molecule has 0 spiro atoms. The van der Waals surface area contributed by atoms with Crippen LogP contribution >= 0.6 is 0 Å². The second-order valence-corrected chi connectivity index (χ2v) is 16.2. The molecule has 0 aromatic carbocycles. The predicted molar refractivity (Wildman–Crippen MR) is 274 cm³/mol. The number of esters is 3. The lowest BCUT2D eigenvalue weighted by molar-refractivity contribution is -0.167. The predicted octanol–water partition coefficient (Wildman–Crippen LogP) is 16.7. The Labute approximate surface area is 392 Å². The number of ether oxygens (including phenoxy) is 3. The van der Waals surface area contributed by atoms with E-state index in [-0.39, 0.29) is 44.0 Å². The first-order valence-corrected chi connectivity index (χ1v) is 25.3. The first-order chi connectivity index (χ1) is 31.5. The number of unbranched alkanes of at least 4 members (excludes halogenated alkanes) is 18. The van der Waals surface area contributed by atoms with E-state index in [4.69, 9.17) is 14.2 Å². The van der Waals surface area contributed by atoms with E-state index in [1.54, 1.807) is 0 Å². The largest absolute Gasteiger partial charge is 0.462 e. The van der Waals surface area contributed by atoms with Gasteiger partial charge in [0.15, 0.2) is 6.10 Å². The highest BCUT2D eigenvalue weighted by atomic mass is 16.6. The maximum atomic E-state index is 12.8. The van der Waals surface area contributed by atoms with Crippen molar-refractivity contribution < 1.29 is 28.6 Å². The van der Waals surface area contributed by atoms with Crippen LogP contribution in [0.1, 0.15) is 194 Å². The lowest BCUT2D eigenvalue weighted by Crippen LogP contribution is -2.30. The zero-order valence-corrected chi connectivity index (χ0v) is 40.7. The number of allylic oxidation sites excluding steroid dienone is 22. The minimum absolute atomic E-state index is 0.123. The van der Waals surface area contributed by atoms with Gasteiger partial charge in [-0.1, -0.05) is 225 Å². The highest BCUT2D eigenvalue weighted by molar-refractivity contribution is 5.71. The molecule has 0 aromatic heterocycles. The molecule has 0 aromatic rings. The highest BCUT2D eigenvalue weighted by Crippen LogP contribution is 2.12. The average Bonchev–Trinajstić information content (AvgIpc) is 3.29. The van der Waals surface area contributed by atoms with Crippen molar-refractivity contribution in [1.82, 2.24) is 0 Å². The first kappa shape index (κ1) is 59.5. The summed E-state index contributed by atoms with van der Waals surface area (Å²) >= 11 is 0. The molecule has 0 fully saturated rings. The molecule has 1 unspecified atom stereocenters. The number of hydrogen-bond acceptors (Lipinski definition) is 6. The van der Waals surface area contributed by atoms with Crippen molar-refractivity contribution in [3.8, 4) is 0 Å². The third-order valence-corrected chi connectivity index (χ3v) is 10.1. The van der Waals surface area contributed by atoms with Gasteiger partial charge in [-0.2, -0.15) is 0 Å². The van der Waals surface area contributed by atoms with Crippen LogP contribution in [0, 0.1) is 0 Å². The molecule has 0 saturated heterocycles. The highest BCUT2D eigenvalue weighted by Gasteiger charge is 2.19. The van der Waals surface area contributed by atoms with E-state index >= 15 is 0 Å². The van der Waals surface area contributed by atoms with Crippen molar-refractivity contribution in [3.05, 3.63) is 134 Å². The second-order valence-electron chi connectivity index (χ2n) is 16.2. The molecule has 1 atom stereocenters. The van der Waals surface area contributed by atoms with Crippen LogP contribution in [0.25, 0.3) is 0 Å².